The minimum Gasteiger partial charge on any atom is -0.332 e. The molecule has 0 unspecified atom stereocenters. The van der Waals surface area contributed by atoms with E-state index >= 15 is 0 Å². The molecular weight excluding hydrogens is 304 g/mol. The fourth-order valence-corrected chi connectivity index (χ4v) is 2.39. The van der Waals surface area contributed by atoms with Crippen molar-refractivity contribution in [3.8, 4) is 0 Å². The second-order valence-corrected chi connectivity index (χ2v) is 7.01. The van der Waals surface area contributed by atoms with Gasteiger partial charge in [0, 0.05) is 11.3 Å². The minimum absolute atomic E-state index is 0.0665. The van der Waals surface area contributed by atoms with E-state index in [4.69, 9.17) is 12.2 Å². The minimum atomic E-state index is -0.212. The summed E-state index contributed by atoms with van der Waals surface area (Å²) < 4.78 is 0. The normalized spacial score (nSPS) is 11.0. The summed E-state index contributed by atoms with van der Waals surface area (Å²) in [6, 6.07) is 15.4. The SMILES string of the molecule is Cc1cccc(NC(=S)NC(=O)c2ccc(C(C)(C)C)cc2)c1. The summed E-state index contributed by atoms with van der Waals surface area (Å²) in [6.45, 7) is 8.43. The van der Waals surface area contributed by atoms with Gasteiger partial charge < -0.3 is 5.32 Å². The molecule has 0 heterocycles. The van der Waals surface area contributed by atoms with Crippen LogP contribution in [0.15, 0.2) is 48.5 Å². The van der Waals surface area contributed by atoms with E-state index < -0.39 is 0 Å². The van der Waals surface area contributed by atoms with Crippen LogP contribution in [-0.2, 0) is 5.41 Å². The van der Waals surface area contributed by atoms with Crippen LogP contribution < -0.4 is 10.6 Å². The van der Waals surface area contributed by atoms with Crippen molar-refractivity contribution in [2.45, 2.75) is 33.1 Å². The summed E-state index contributed by atoms with van der Waals surface area (Å²) in [5.74, 6) is -0.212. The molecule has 0 aliphatic carbocycles. The number of thiocarbonyl (C=S) groups is 1. The van der Waals surface area contributed by atoms with E-state index in [1.807, 2.05) is 55.5 Å². The van der Waals surface area contributed by atoms with Gasteiger partial charge in [-0.15, -0.1) is 0 Å². The molecule has 0 fully saturated rings. The van der Waals surface area contributed by atoms with Gasteiger partial charge in [-0.3, -0.25) is 10.1 Å². The molecule has 0 atom stereocenters. The van der Waals surface area contributed by atoms with E-state index in [0.29, 0.717) is 10.7 Å². The Morgan fingerprint density at radius 1 is 1.04 bits per heavy atom. The molecule has 2 rings (SSSR count). The van der Waals surface area contributed by atoms with Crippen molar-refractivity contribution in [1.29, 1.82) is 0 Å². The molecule has 4 heteroatoms. The number of hydrogen-bond acceptors (Lipinski definition) is 2. The molecule has 0 aliphatic rings. The van der Waals surface area contributed by atoms with Crippen molar-refractivity contribution in [3.63, 3.8) is 0 Å². The van der Waals surface area contributed by atoms with E-state index in [1.165, 1.54) is 5.56 Å². The Kier molecular flexibility index (Phi) is 5.16. The fraction of sp³-hybridized carbons (Fsp3) is 0.263. The van der Waals surface area contributed by atoms with E-state index in [2.05, 4.69) is 31.4 Å². The van der Waals surface area contributed by atoms with Crippen LogP contribution in [0.1, 0.15) is 42.3 Å². The molecule has 3 nitrogen and oxygen atoms in total. The monoisotopic (exact) mass is 326 g/mol. The number of carbonyl (C=O) groups is 1. The predicted molar refractivity (Wildman–Crippen MR) is 100 cm³/mol. The molecule has 1 amide bonds. The Balaban J connectivity index is 2.00. The standard InChI is InChI=1S/C19H22N2OS/c1-13-6-5-7-16(12-13)20-18(23)21-17(22)14-8-10-15(11-9-14)19(2,3)4/h5-12H,1-4H3,(H2,20,21,22,23). The Bertz CT molecular complexity index is 715. The van der Waals surface area contributed by atoms with Crippen LogP contribution in [0.3, 0.4) is 0 Å². The summed E-state index contributed by atoms with van der Waals surface area (Å²) in [4.78, 5) is 12.2. The zero-order valence-electron chi connectivity index (χ0n) is 13.9. The number of benzene rings is 2. The molecule has 2 aromatic rings. The maximum absolute atomic E-state index is 12.2. The van der Waals surface area contributed by atoms with Crippen LogP contribution in [0.2, 0.25) is 0 Å². The fourth-order valence-electron chi connectivity index (χ4n) is 2.18. The van der Waals surface area contributed by atoms with Crippen molar-refractivity contribution >= 4 is 28.9 Å². The first kappa shape index (κ1) is 17.2. The number of carbonyl (C=O) groups excluding carboxylic acids is 1. The van der Waals surface area contributed by atoms with Crippen molar-refractivity contribution in [3.05, 3.63) is 65.2 Å². The first-order valence-electron chi connectivity index (χ1n) is 7.55. The predicted octanol–water partition coefficient (Wildman–Crippen LogP) is 4.42. The average molecular weight is 326 g/mol. The van der Waals surface area contributed by atoms with Crippen molar-refractivity contribution in [2.75, 3.05) is 5.32 Å². The number of hydrogen-bond donors (Lipinski definition) is 2. The van der Waals surface area contributed by atoms with Gasteiger partial charge in [0.25, 0.3) is 5.91 Å². The third-order valence-electron chi connectivity index (χ3n) is 3.52. The number of amides is 1. The Morgan fingerprint density at radius 2 is 1.70 bits per heavy atom. The lowest BCUT2D eigenvalue weighted by molar-refractivity contribution is 0.0977. The lowest BCUT2D eigenvalue weighted by atomic mass is 9.87. The quantitative estimate of drug-likeness (QED) is 0.803. The van der Waals surface area contributed by atoms with Crippen LogP contribution in [-0.4, -0.2) is 11.0 Å². The second kappa shape index (κ2) is 6.92. The molecular formula is C19H22N2OS. The van der Waals surface area contributed by atoms with Gasteiger partial charge in [0.1, 0.15) is 0 Å². The molecule has 120 valence electrons. The Hall–Kier alpha value is -2.20. The summed E-state index contributed by atoms with van der Waals surface area (Å²) >= 11 is 5.20. The van der Waals surface area contributed by atoms with E-state index in [-0.39, 0.29) is 11.3 Å². The van der Waals surface area contributed by atoms with Crippen LogP contribution in [0.4, 0.5) is 5.69 Å². The first-order valence-corrected chi connectivity index (χ1v) is 7.96. The van der Waals surface area contributed by atoms with Gasteiger partial charge >= 0.3 is 0 Å². The summed E-state index contributed by atoms with van der Waals surface area (Å²) in [6.07, 6.45) is 0. The highest BCUT2D eigenvalue weighted by Gasteiger charge is 2.14. The summed E-state index contributed by atoms with van der Waals surface area (Å²) in [7, 11) is 0. The van der Waals surface area contributed by atoms with Crippen LogP contribution in [0.25, 0.3) is 0 Å². The van der Waals surface area contributed by atoms with E-state index in [9.17, 15) is 4.79 Å². The summed E-state index contributed by atoms with van der Waals surface area (Å²) in [5.41, 5.74) is 3.83. The van der Waals surface area contributed by atoms with Crippen molar-refractivity contribution < 1.29 is 4.79 Å². The van der Waals surface area contributed by atoms with Crippen LogP contribution in [0, 0.1) is 6.92 Å². The number of aryl methyl sites for hydroxylation is 1. The lowest BCUT2D eigenvalue weighted by Crippen LogP contribution is -2.34. The highest BCUT2D eigenvalue weighted by Crippen LogP contribution is 2.22. The van der Waals surface area contributed by atoms with Crippen LogP contribution >= 0.6 is 12.2 Å². The molecule has 0 saturated heterocycles. The summed E-state index contributed by atoms with van der Waals surface area (Å²) in [5, 5.41) is 6.01. The maximum Gasteiger partial charge on any atom is 0.257 e. The van der Waals surface area contributed by atoms with Gasteiger partial charge in [0.15, 0.2) is 5.11 Å². The molecule has 0 bridgehead atoms. The molecule has 2 N–H and O–H groups in total. The molecule has 2 aromatic carbocycles. The Labute approximate surface area is 143 Å². The molecule has 0 saturated carbocycles. The molecule has 0 radical (unpaired) electrons. The van der Waals surface area contributed by atoms with Gasteiger partial charge in [-0.25, -0.2) is 0 Å². The average Bonchev–Trinajstić information content (AvgIpc) is 2.46. The largest absolute Gasteiger partial charge is 0.332 e. The number of nitrogens with one attached hydrogen (secondary N) is 2. The van der Waals surface area contributed by atoms with Gasteiger partial charge in [0.05, 0.1) is 0 Å². The molecule has 0 aromatic heterocycles. The maximum atomic E-state index is 12.2. The third kappa shape index (κ3) is 4.89. The second-order valence-electron chi connectivity index (χ2n) is 6.61. The van der Waals surface area contributed by atoms with Crippen molar-refractivity contribution in [2.24, 2.45) is 0 Å². The Morgan fingerprint density at radius 3 is 2.26 bits per heavy atom. The zero-order valence-corrected chi connectivity index (χ0v) is 14.8. The van der Waals surface area contributed by atoms with Gasteiger partial charge in [-0.1, -0.05) is 45.0 Å². The zero-order chi connectivity index (χ0) is 17.0. The third-order valence-corrected chi connectivity index (χ3v) is 3.72. The molecule has 23 heavy (non-hydrogen) atoms. The highest BCUT2D eigenvalue weighted by molar-refractivity contribution is 7.80. The van der Waals surface area contributed by atoms with E-state index in [1.54, 1.807) is 0 Å². The molecule has 0 spiro atoms. The van der Waals surface area contributed by atoms with Crippen LogP contribution in [0.5, 0.6) is 0 Å². The van der Waals surface area contributed by atoms with Crippen molar-refractivity contribution in [1.82, 2.24) is 5.32 Å². The number of rotatable bonds is 2. The van der Waals surface area contributed by atoms with E-state index in [0.717, 1.165) is 11.3 Å². The first-order chi connectivity index (χ1) is 10.8. The van der Waals surface area contributed by atoms with Gasteiger partial charge in [-0.05, 0) is 59.9 Å². The highest BCUT2D eigenvalue weighted by atomic mass is 32.1. The topological polar surface area (TPSA) is 41.1 Å². The number of anilines is 1. The lowest BCUT2D eigenvalue weighted by Gasteiger charge is -2.19. The van der Waals surface area contributed by atoms with Gasteiger partial charge in [-0.2, -0.15) is 0 Å². The smallest absolute Gasteiger partial charge is 0.257 e. The van der Waals surface area contributed by atoms with Gasteiger partial charge in [0.2, 0.25) is 0 Å². The molecule has 0 aliphatic heterocycles.